The predicted molar refractivity (Wildman–Crippen MR) is 76.5 cm³/mol. The topological polar surface area (TPSA) is 49.4 Å². The zero-order chi connectivity index (χ0) is 13.9. The average Bonchev–Trinajstić information content (AvgIpc) is 2.39. The molecule has 1 aliphatic carbocycles. The van der Waals surface area contributed by atoms with Gasteiger partial charge in [-0.1, -0.05) is 31.0 Å². The Morgan fingerprint density at radius 2 is 1.74 bits per heavy atom. The third kappa shape index (κ3) is 3.55. The smallest absolute Gasteiger partial charge is 0.240 e. The molecule has 0 saturated heterocycles. The lowest BCUT2D eigenvalue weighted by atomic mass is 9.90. The first kappa shape index (κ1) is 14.5. The molecule has 0 spiro atoms. The maximum atomic E-state index is 12.3. The van der Waals surface area contributed by atoms with E-state index in [4.69, 9.17) is 0 Å². The molecule has 0 aromatic heterocycles. The third-order valence-electron chi connectivity index (χ3n) is 3.75. The molecule has 1 N–H and O–H groups in total. The highest BCUT2D eigenvalue weighted by molar-refractivity contribution is 7.89. The van der Waals surface area contributed by atoms with Gasteiger partial charge in [0.15, 0.2) is 0 Å². The van der Waals surface area contributed by atoms with Crippen LogP contribution in [0.4, 0.5) is 0 Å². The molecule has 0 heterocycles. The van der Waals surface area contributed by atoms with E-state index >= 15 is 0 Å². The van der Waals surface area contributed by atoms with Crippen molar-refractivity contribution >= 4 is 10.0 Å². The third-order valence-corrected chi connectivity index (χ3v) is 5.26. The summed E-state index contributed by atoms with van der Waals surface area (Å²) in [6, 6.07) is 8.88. The first-order chi connectivity index (χ1) is 9.00. The van der Waals surface area contributed by atoms with E-state index in [-0.39, 0.29) is 12.1 Å². The highest BCUT2D eigenvalue weighted by Gasteiger charge is 2.30. The van der Waals surface area contributed by atoms with Crippen LogP contribution < -0.4 is 4.72 Å². The van der Waals surface area contributed by atoms with Crippen molar-refractivity contribution in [2.75, 3.05) is 14.1 Å². The van der Waals surface area contributed by atoms with Crippen LogP contribution in [0.5, 0.6) is 0 Å². The second kappa shape index (κ2) is 6.03. The standard InChI is InChI=1S/C14H22N2O2S/c1-16(2)14-11-7-6-10-13(14)15-19(17,18)12-8-4-3-5-9-12/h3-5,8-9,13-15H,6-7,10-11H2,1-2H3/t13-,14-/m0/s1. The lowest BCUT2D eigenvalue weighted by Crippen LogP contribution is -2.50. The molecule has 2 rings (SSSR count). The summed E-state index contributed by atoms with van der Waals surface area (Å²) in [5.41, 5.74) is 0. The van der Waals surface area contributed by atoms with E-state index in [0.717, 1.165) is 19.3 Å². The van der Waals surface area contributed by atoms with E-state index < -0.39 is 10.0 Å². The predicted octanol–water partition coefficient (Wildman–Crippen LogP) is 1.84. The largest absolute Gasteiger partial charge is 0.305 e. The van der Waals surface area contributed by atoms with Crippen LogP contribution in [0.2, 0.25) is 0 Å². The van der Waals surface area contributed by atoms with Crippen molar-refractivity contribution < 1.29 is 8.42 Å². The fourth-order valence-electron chi connectivity index (χ4n) is 2.73. The summed E-state index contributed by atoms with van der Waals surface area (Å²) < 4.78 is 27.6. The Morgan fingerprint density at radius 3 is 2.37 bits per heavy atom. The minimum atomic E-state index is -3.40. The minimum Gasteiger partial charge on any atom is -0.305 e. The molecule has 1 aliphatic rings. The van der Waals surface area contributed by atoms with Crippen molar-refractivity contribution in [1.82, 2.24) is 9.62 Å². The van der Waals surface area contributed by atoms with Crippen LogP contribution >= 0.6 is 0 Å². The number of benzene rings is 1. The molecule has 0 amide bonds. The number of rotatable bonds is 4. The van der Waals surface area contributed by atoms with E-state index in [1.54, 1.807) is 24.3 Å². The molecule has 19 heavy (non-hydrogen) atoms. The van der Waals surface area contributed by atoms with Crippen molar-refractivity contribution in [1.29, 1.82) is 0 Å². The van der Waals surface area contributed by atoms with Gasteiger partial charge in [0.05, 0.1) is 4.90 Å². The molecule has 106 valence electrons. The summed E-state index contributed by atoms with van der Waals surface area (Å²) in [6.07, 6.45) is 4.22. The van der Waals surface area contributed by atoms with Crippen LogP contribution in [0.15, 0.2) is 35.2 Å². The van der Waals surface area contributed by atoms with E-state index in [1.165, 1.54) is 6.42 Å². The lowest BCUT2D eigenvalue weighted by Gasteiger charge is -2.36. The number of likely N-dealkylation sites (N-methyl/N-ethyl adjacent to an activating group) is 1. The molecular formula is C14H22N2O2S. The van der Waals surface area contributed by atoms with E-state index in [0.29, 0.717) is 4.90 Å². The Balaban J connectivity index is 2.15. The average molecular weight is 282 g/mol. The first-order valence-electron chi connectivity index (χ1n) is 6.74. The summed E-state index contributed by atoms with van der Waals surface area (Å²) in [5, 5.41) is 0. The monoisotopic (exact) mass is 282 g/mol. The minimum absolute atomic E-state index is 0.00829. The Morgan fingerprint density at radius 1 is 1.11 bits per heavy atom. The number of nitrogens with one attached hydrogen (secondary N) is 1. The number of hydrogen-bond acceptors (Lipinski definition) is 3. The molecule has 1 fully saturated rings. The normalized spacial score (nSPS) is 24.6. The quantitative estimate of drug-likeness (QED) is 0.916. The SMILES string of the molecule is CN(C)[C@H]1CCCC[C@@H]1NS(=O)(=O)c1ccccc1. The zero-order valence-corrected chi connectivity index (χ0v) is 12.4. The second-order valence-electron chi connectivity index (χ2n) is 5.36. The van der Waals surface area contributed by atoms with Gasteiger partial charge in [-0.2, -0.15) is 0 Å². The summed E-state index contributed by atoms with van der Waals surface area (Å²) in [6.45, 7) is 0. The fraction of sp³-hybridized carbons (Fsp3) is 0.571. The molecule has 0 unspecified atom stereocenters. The number of nitrogens with zero attached hydrogens (tertiary/aromatic N) is 1. The van der Waals surface area contributed by atoms with Gasteiger partial charge in [0.2, 0.25) is 10.0 Å². The number of sulfonamides is 1. The van der Waals surface area contributed by atoms with Crippen molar-refractivity contribution in [2.24, 2.45) is 0 Å². The second-order valence-corrected chi connectivity index (χ2v) is 7.07. The van der Waals surface area contributed by atoms with Gasteiger partial charge in [-0.05, 0) is 39.1 Å². The molecule has 1 saturated carbocycles. The van der Waals surface area contributed by atoms with Crippen molar-refractivity contribution in [3.8, 4) is 0 Å². The van der Waals surface area contributed by atoms with Crippen molar-refractivity contribution in [2.45, 2.75) is 42.7 Å². The van der Waals surface area contributed by atoms with Gasteiger partial charge in [0, 0.05) is 12.1 Å². The fourth-order valence-corrected chi connectivity index (χ4v) is 4.06. The van der Waals surface area contributed by atoms with Gasteiger partial charge in [-0.15, -0.1) is 0 Å². The van der Waals surface area contributed by atoms with E-state index in [2.05, 4.69) is 9.62 Å². The molecule has 0 radical (unpaired) electrons. The highest BCUT2D eigenvalue weighted by atomic mass is 32.2. The molecule has 2 atom stereocenters. The van der Waals surface area contributed by atoms with Crippen LogP contribution in [0.1, 0.15) is 25.7 Å². The Hall–Kier alpha value is -0.910. The van der Waals surface area contributed by atoms with Gasteiger partial charge >= 0.3 is 0 Å². The maximum absolute atomic E-state index is 12.3. The Bertz CT molecular complexity index is 499. The Kier molecular flexibility index (Phi) is 4.60. The molecule has 0 aliphatic heterocycles. The lowest BCUT2D eigenvalue weighted by molar-refractivity contribution is 0.191. The first-order valence-corrected chi connectivity index (χ1v) is 8.23. The zero-order valence-electron chi connectivity index (χ0n) is 11.5. The molecule has 5 heteroatoms. The highest BCUT2D eigenvalue weighted by Crippen LogP contribution is 2.23. The van der Waals surface area contributed by atoms with Gasteiger partial charge in [-0.3, -0.25) is 0 Å². The molecular weight excluding hydrogens is 260 g/mol. The van der Waals surface area contributed by atoms with Crippen molar-refractivity contribution in [3.63, 3.8) is 0 Å². The van der Waals surface area contributed by atoms with Gasteiger partial charge in [0.25, 0.3) is 0 Å². The van der Waals surface area contributed by atoms with E-state index in [9.17, 15) is 8.42 Å². The van der Waals surface area contributed by atoms with Crippen LogP contribution in [-0.2, 0) is 10.0 Å². The van der Waals surface area contributed by atoms with Crippen LogP contribution in [0.25, 0.3) is 0 Å². The maximum Gasteiger partial charge on any atom is 0.240 e. The molecule has 0 bridgehead atoms. The van der Waals surface area contributed by atoms with Crippen LogP contribution in [-0.4, -0.2) is 39.5 Å². The number of hydrogen-bond donors (Lipinski definition) is 1. The van der Waals surface area contributed by atoms with Gasteiger partial charge in [-0.25, -0.2) is 13.1 Å². The summed E-state index contributed by atoms with van der Waals surface area (Å²) in [5.74, 6) is 0. The molecule has 1 aromatic carbocycles. The summed E-state index contributed by atoms with van der Waals surface area (Å²) >= 11 is 0. The van der Waals surface area contributed by atoms with E-state index in [1.807, 2.05) is 20.2 Å². The molecule has 4 nitrogen and oxygen atoms in total. The van der Waals surface area contributed by atoms with Crippen LogP contribution in [0, 0.1) is 0 Å². The van der Waals surface area contributed by atoms with Crippen molar-refractivity contribution in [3.05, 3.63) is 30.3 Å². The Labute approximate surface area is 115 Å². The summed E-state index contributed by atoms with van der Waals surface area (Å²) in [4.78, 5) is 2.47. The van der Waals surface area contributed by atoms with Gasteiger partial charge in [0.1, 0.15) is 0 Å². The molecule has 1 aromatic rings. The van der Waals surface area contributed by atoms with Gasteiger partial charge < -0.3 is 4.90 Å². The summed E-state index contributed by atoms with van der Waals surface area (Å²) in [7, 11) is 0.624. The van der Waals surface area contributed by atoms with Crippen LogP contribution in [0.3, 0.4) is 0 Å².